The zero-order valence-corrected chi connectivity index (χ0v) is 7.87. The summed E-state index contributed by atoms with van der Waals surface area (Å²) in [5.41, 5.74) is 0.747. The number of hydrogen-bond donors (Lipinski definition) is 1. The predicted molar refractivity (Wildman–Crippen MR) is 50.4 cm³/mol. The Hall–Kier alpha value is -0.600. The minimum Gasteiger partial charge on any atom is -0.344 e. The first-order valence-corrected chi connectivity index (χ1v) is 4.05. The van der Waals surface area contributed by atoms with E-state index in [1.807, 2.05) is 6.92 Å². The summed E-state index contributed by atoms with van der Waals surface area (Å²) in [6.07, 6.45) is 1.74. The zero-order chi connectivity index (χ0) is 8.27. The standard InChI is InChI=1S/C9H10ClF.H3N/c1-2-3-7-4-5-8(10)6-9(7)11;/h4-6H,2-3H2,1H3;1H3. The fraction of sp³-hybridized carbons (Fsp3) is 0.333. The van der Waals surface area contributed by atoms with Crippen molar-refractivity contribution in [2.75, 3.05) is 0 Å². The Balaban J connectivity index is 0.00000121. The number of aryl methyl sites for hydroxylation is 1. The highest BCUT2D eigenvalue weighted by Crippen LogP contribution is 2.15. The minimum absolute atomic E-state index is 0. The van der Waals surface area contributed by atoms with Crippen molar-refractivity contribution in [3.8, 4) is 0 Å². The van der Waals surface area contributed by atoms with Crippen molar-refractivity contribution in [2.24, 2.45) is 0 Å². The molecule has 1 aromatic rings. The van der Waals surface area contributed by atoms with Gasteiger partial charge in [-0.25, -0.2) is 4.39 Å². The molecule has 1 nitrogen and oxygen atoms in total. The van der Waals surface area contributed by atoms with Crippen LogP contribution in [0.5, 0.6) is 0 Å². The fourth-order valence-corrected chi connectivity index (χ4v) is 1.15. The summed E-state index contributed by atoms with van der Waals surface area (Å²) < 4.78 is 13.0. The summed E-state index contributed by atoms with van der Waals surface area (Å²) in [5.74, 6) is -0.195. The van der Waals surface area contributed by atoms with Crippen LogP contribution in [0.15, 0.2) is 18.2 Å². The van der Waals surface area contributed by atoms with Gasteiger partial charge in [0, 0.05) is 5.02 Å². The second-order valence-corrected chi connectivity index (χ2v) is 2.92. The first kappa shape index (κ1) is 11.4. The average Bonchev–Trinajstić information content (AvgIpc) is 1.95. The molecule has 0 spiro atoms. The predicted octanol–water partition coefficient (Wildman–Crippen LogP) is 3.59. The highest BCUT2D eigenvalue weighted by molar-refractivity contribution is 6.30. The summed E-state index contributed by atoms with van der Waals surface area (Å²) >= 11 is 5.58. The number of hydrogen-bond acceptors (Lipinski definition) is 1. The highest BCUT2D eigenvalue weighted by atomic mass is 35.5. The molecule has 0 saturated heterocycles. The number of rotatable bonds is 2. The molecule has 0 aliphatic rings. The SMILES string of the molecule is CCCc1ccc(Cl)cc1F.N. The third-order valence-corrected chi connectivity index (χ3v) is 1.77. The maximum atomic E-state index is 13.0. The largest absolute Gasteiger partial charge is 0.344 e. The van der Waals surface area contributed by atoms with Crippen molar-refractivity contribution >= 4 is 11.6 Å². The Labute approximate surface area is 77.1 Å². The quantitative estimate of drug-likeness (QED) is 0.758. The Morgan fingerprint density at radius 2 is 2.08 bits per heavy atom. The van der Waals surface area contributed by atoms with Gasteiger partial charge >= 0.3 is 0 Å². The smallest absolute Gasteiger partial charge is 0.127 e. The van der Waals surface area contributed by atoms with Crippen molar-refractivity contribution in [1.82, 2.24) is 6.15 Å². The molecule has 0 saturated carbocycles. The molecule has 0 aromatic heterocycles. The van der Waals surface area contributed by atoms with Crippen LogP contribution in [0.1, 0.15) is 18.9 Å². The van der Waals surface area contributed by atoms with Gasteiger partial charge in [0.05, 0.1) is 0 Å². The van der Waals surface area contributed by atoms with Crippen LogP contribution in [0, 0.1) is 5.82 Å². The van der Waals surface area contributed by atoms with Crippen LogP contribution in [0.4, 0.5) is 4.39 Å². The van der Waals surface area contributed by atoms with Gasteiger partial charge in [-0.15, -0.1) is 0 Å². The molecule has 0 atom stereocenters. The van der Waals surface area contributed by atoms with Crippen LogP contribution in [-0.4, -0.2) is 0 Å². The summed E-state index contributed by atoms with van der Waals surface area (Å²) in [5, 5.41) is 0.461. The lowest BCUT2D eigenvalue weighted by molar-refractivity contribution is 0.607. The average molecular weight is 190 g/mol. The monoisotopic (exact) mass is 189 g/mol. The maximum absolute atomic E-state index is 13.0. The Kier molecular flexibility index (Phi) is 4.86. The Morgan fingerprint density at radius 3 is 2.58 bits per heavy atom. The van der Waals surface area contributed by atoms with E-state index in [0.717, 1.165) is 18.4 Å². The van der Waals surface area contributed by atoms with E-state index >= 15 is 0 Å². The molecule has 1 aromatic carbocycles. The molecule has 0 aliphatic carbocycles. The lowest BCUT2D eigenvalue weighted by Crippen LogP contribution is -1.88. The second-order valence-electron chi connectivity index (χ2n) is 2.49. The van der Waals surface area contributed by atoms with Gasteiger partial charge in [-0.3, -0.25) is 0 Å². The molecule has 3 N–H and O–H groups in total. The third-order valence-electron chi connectivity index (χ3n) is 1.53. The van der Waals surface area contributed by atoms with Gasteiger partial charge in [0.25, 0.3) is 0 Å². The zero-order valence-electron chi connectivity index (χ0n) is 7.11. The van der Waals surface area contributed by atoms with Crippen molar-refractivity contribution in [1.29, 1.82) is 0 Å². The highest BCUT2D eigenvalue weighted by Gasteiger charge is 2.00. The summed E-state index contributed by atoms with van der Waals surface area (Å²) in [6.45, 7) is 2.02. The number of benzene rings is 1. The van der Waals surface area contributed by atoms with Crippen LogP contribution in [-0.2, 0) is 6.42 Å². The molecule has 68 valence electrons. The molecule has 3 heteroatoms. The van der Waals surface area contributed by atoms with Crippen molar-refractivity contribution in [3.05, 3.63) is 34.6 Å². The van der Waals surface area contributed by atoms with E-state index in [2.05, 4.69) is 0 Å². The van der Waals surface area contributed by atoms with Crippen molar-refractivity contribution in [2.45, 2.75) is 19.8 Å². The van der Waals surface area contributed by atoms with Crippen LogP contribution in [0.25, 0.3) is 0 Å². The van der Waals surface area contributed by atoms with Crippen LogP contribution in [0.3, 0.4) is 0 Å². The first-order chi connectivity index (χ1) is 5.24. The van der Waals surface area contributed by atoms with E-state index in [0.29, 0.717) is 5.02 Å². The second kappa shape index (κ2) is 5.12. The van der Waals surface area contributed by atoms with Crippen LogP contribution < -0.4 is 6.15 Å². The molecule has 0 unspecified atom stereocenters. The van der Waals surface area contributed by atoms with Gasteiger partial charge in [0.15, 0.2) is 0 Å². The van der Waals surface area contributed by atoms with Gasteiger partial charge in [-0.2, -0.15) is 0 Å². The summed E-state index contributed by atoms with van der Waals surface area (Å²) in [6, 6.07) is 4.81. The fourth-order valence-electron chi connectivity index (χ4n) is 0.994. The van der Waals surface area contributed by atoms with E-state index in [4.69, 9.17) is 11.6 Å². The van der Waals surface area contributed by atoms with E-state index < -0.39 is 0 Å². The molecule has 0 heterocycles. The van der Waals surface area contributed by atoms with Gasteiger partial charge in [0.1, 0.15) is 5.82 Å². The lowest BCUT2D eigenvalue weighted by atomic mass is 10.1. The molecule has 0 fully saturated rings. The normalized spacial score (nSPS) is 9.25. The van der Waals surface area contributed by atoms with Gasteiger partial charge in [0.2, 0.25) is 0 Å². The number of halogens is 2. The van der Waals surface area contributed by atoms with Crippen LogP contribution >= 0.6 is 11.6 Å². The molecule has 1 rings (SSSR count). The molecule has 0 amide bonds. The molecule has 0 radical (unpaired) electrons. The van der Waals surface area contributed by atoms with Gasteiger partial charge < -0.3 is 6.15 Å². The molecular weight excluding hydrogens is 177 g/mol. The topological polar surface area (TPSA) is 35.0 Å². The molecular formula is C9H13ClFN. The van der Waals surface area contributed by atoms with Gasteiger partial charge in [-0.05, 0) is 24.1 Å². The summed E-state index contributed by atoms with van der Waals surface area (Å²) in [7, 11) is 0. The van der Waals surface area contributed by atoms with Crippen molar-refractivity contribution in [3.63, 3.8) is 0 Å². The summed E-state index contributed by atoms with van der Waals surface area (Å²) in [4.78, 5) is 0. The Morgan fingerprint density at radius 1 is 1.42 bits per heavy atom. The van der Waals surface area contributed by atoms with E-state index in [1.54, 1.807) is 12.1 Å². The van der Waals surface area contributed by atoms with E-state index in [9.17, 15) is 4.39 Å². The van der Waals surface area contributed by atoms with Crippen LogP contribution in [0.2, 0.25) is 5.02 Å². The first-order valence-electron chi connectivity index (χ1n) is 3.68. The van der Waals surface area contributed by atoms with Gasteiger partial charge in [-0.1, -0.05) is 31.0 Å². The molecule has 0 bridgehead atoms. The Bertz CT molecular complexity index is 250. The maximum Gasteiger partial charge on any atom is 0.127 e. The minimum atomic E-state index is -0.195. The van der Waals surface area contributed by atoms with Crippen molar-refractivity contribution < 1.29 is 4.39 Å². The van der Waals surface area contributed by atoms with E-state index in [-0.39, 0.29) is 12.0 Å². The molecule has 12 heavy (non-hydrogen) atoms. The lowest BCUT2D eigenvalue weighted by Gasteiger charge is -1.99. The van der Waals surface area contributed by atoms with E-state index in [1.165, 1.54) is 6.07 Å². The third kappa shape index (κ3) is 2.80. The molecule has 0 aliphatic heterocycles.